The van der Waals surface area contributed by atoms with Crippen molar-refractivity contribution in [2.75, 3.05) is 33.9 Å². The van der Waals surface area contributed by atoms with Crippen LogP contribution >= 0.6 is 0 Å². The van der Waals surface area contributed by atoms with Crippen molar-refractivity contribution in [3.05, 3.63) is 58.9 Å². The molecule has 0 aliphatic heterocycles. The molecule has 4 heteroatoms. The number of ketones is 1. The molecular weight excluding hydrogens is 300 g/mol. The van der Waals surface area contributed by atoms with Crippen LogP contribution in [0.2, 0.25) is 0 Å². The maximum atomic E-state index is 12.6. The molecule has 0 saturated heterocycles. The molecule has 0 aliphatic carbocycles. The van der Waals surface area contributed by atoms with Gasteiger partial charge in [-0.2, -0.15) is 0 Å². The van der Waals surface area contributed by atoms with Gasteiger partial charge < -0.3 is 9.30 Å². The Morgan fingerprint density at radius 1 is 1.21 bits per heavy atom. The number of aryl methyl sites for hydroxylation is 1. The van der Waals surface area contributed by atoms with Crippen LogP contribution in [0.15, 0.2) is 36.4 Å². The van der Waals surface area contributed by atoms with Crippen molar-refractivity contribution in [1.29, 1.82) is 0 Å². The molecule has 24 heavy (non-hydrogen) atoms. The molecule has 0 amide bonds. The smallest absolute Gasteiger partial charge is 0.178 e. The predicted molar refractivity (Wildman–Crippen MR) is 97.8 cm³/mol. The lowest BCUT2D eigenvalue weighted by Gasteiger charge is -2.15. The van der Waals surface area contributed by atoms with E-state index in [0.717, 1.165) is 43.1 Å². The Morgan fingerprint density at radius 2 is 1.92 bits per heavy atom. The van der Waals surface area contributed by atoms with Crippen molar-refractivity contribution in [3.8, 4) is 0 Å². The summed E-state index contributed by atoms with van der Waals surface area (Å²) in [5, 5.41) is 0. The van der Waals surface area contributed by atoms with Gasteiger partial charge in [-0.1, -0.05) is 30.3 Å². The number of hydrogen-bond donors (Lipinski definition) is 0. The molecule has 0 N–H and O–H groups in total. The Kier molecular flexibility index (Phi) is 6.76. The van der Waals surface area contributed by atoms with Gasteiger partial charge in [-0.3, -0.25) is 9.69 Å². The van der Waals surface area contributed by atoms with Crippen molar-refractivity contribution in [2.24, 2.45) is 0 Å². The van der Waals surface area contributed by atoms with Crippen LogP contribution in [0.1, 0.15) is 33.7 Å². The number of carbonyl (C=O) groups excluding carboxylic acids is 1. The van der Waals surface area contributed by atoms with Crippen LogP contribution in [0.4, 0.5) is 0 Å². The normalized spacial score (nSPS) is 11.2. The van der Waals surface area contributed by atoms with Crippen molar-refractivity contribution >= 4 is 5.78 Å². The van der Waals surface area contributed by atoms with Crippen LogP contribution in [-0.4, -0.2) is 49.1 Å². The molecule has 0 unspecified atom stereocenters. The van der Waals surface area contributed by atoms with Gasteiger partial charge >= 0.3 is 0 Å². The molecule has 1 aromatic heterocycles. The topological polar surface area (TPSA) is 34.5 Å². The Hall–Kier alpha value is -1.91. The monoisotopic (exact) mass is 328 g/mol. The molecule has 2 aromatic rings. The third-order valence-electron chi connectivity index (χ3n) is 4.36. The summed E-state index contributed by atoms with van der Waals surface area (Å²) in [4.78, 5) is 14.7. The molecule has 0 spiro atoms. The van der Waals surface area contributed by atoms with E-state index in [9.17, 15) is 4.79 Å². The predicted octanol–water partition coefficient (Wildman–Crippen LogP) is 3.30. The fourth-order valence-corrected chi connectivity index (χ4v) is 2.98. The molecule has 4 nitrogen and oxygen atoms in total. The van der Waals surface area contributed by atoms with Crippen LogP contribution in [0.3, 0.4) is 0 Å². The van der Waals surface area contributed by atoms with Crippen LogP contribution < -0.4 is 0 Å². The molecule has 0 radical (unpaired) electrons. The average Bonchev–Trinajstić information content (AvgIpc) is 2.84. The largest absolute Gasteiger partial charge is 0.385 e. The number of methoxy groups -OCH3 is 1. The Labute approximate surface area is 145 Å². The van der Waals surface area contributed by atoms with Gasteiger partial charge in [0.15, 0.2) is 5.78 Å². The van der Waals surface area contributed by atoms with E-state index in [0.29, 0.717) is 6.54 Å². The number of Topliss-reactive ketones (excluding diaryl/α,β-unsaturated/α-hetero) is 1. The van der Waals surface area contributed by atoms with E-state index in [-0.39, 0.29) is 5.78 Å². The SMILES string of the molecule is COCCCN(C)CC(=O)c1cc(C)n(Cc2ccccc2)c1C. The molecule has 0 aliphatic rings. The van der Waals surface area contributed by atoms with E-state index in [1.165, 1.54) is 5.56 Å². The summed E-state index contributed by atoms with van der Waals surface area (Å²) in [7, 11) is 3.68. The maximum Gasteiger partial charge on any atom is 0.178 e. The summed E-state index contributed by atoms with van der Waals surface area (Å²) in [5.74, 6) is 0.183. The maximum absolute atomic E-state index is 12.6. The molecule has 0 bridgehead atoms. The number of aromatic nitrogens is 1. The quantitative estimate of drug-likeness (QED) is 0.523. The highest BCUT2D eigenvalue weighted by molar-refractivity contribution is 5.99. The standard InChI is InChI=1S/C20H28N2O2/c1-16-13-19(20(23)15-21(3)11-8-12-24-4)17(2)22(16)14-18-9-6-5-7-10-18/h5-7,9-10,13H,8,11-12,14-15H2,1-4H3. The van der Waals surface area contributed by atoms with Crippen molar-refractivity contribution in [2.45, 2.75) is 26.8 Å². The van der Waals surface area contributed by atoms with Crippen LogP contribution in [0.25, 0.3) is 0 Å². The first-order valence-corrected chi connectivity index (χ1v) is 8.44. The van der Waals surface area contributed by atoms with E-state index in [2.05, 4.69) is 28.5 Å². The van der Waals surface area contributed by atoms with Gasteiger partial charge in [-0.25, -0.2) is 0 Å². The fourth-order valence-electron chi connectivity index (χ4n) is 2.98. The van der Waals surface area contributed by atoms with Crippen molar-refractivity contribution < 1.29 is 9.53 Å². The highest BCUT2D eigenvalue weighted by Gasteiger charge is 2.17. The average molecular weight is 328 g/mol. The third kappa shape index (κ3) is 4.79. The second-order valence-corrected chi connectivity index (χ2v) is 6.36. The fraction of sp³-hybridized carbons (Fsp3) is 0.450. The van der Waals surface area contributed by atoms with Gasteiger partial charge in [0, 0.05) is 43.8 Å². The summed E-state index contributed by atoms with van der Waals surface area (Å²) in [6.07, 6.45) is 0.938. The van der Waals surface area contributed by atoms with Gasteiger partial charge in [0.1, 0.15) is 0 Å². The van der Waals surface area contributed by atoms with Gasteiger partial charge in [0.05, 0.1) is 6.54 Å². The first-order valence-electron chi connectivity index (χ1n) is 8.44. The Balaban J connectivity index is 2.06. The van der Waals surface area contributed by atoms with E-state index in [1.807, 2.05) is 38.2 Å². The second-order valence-electron chi connectivity index (χ2n) is 6.36. The van der Waals surface area contributed by atoms with Gasteiger partial charge in [0.2, 0.25) is 0 Å². The number of rotatable bonds is 9. The zero-order valence-electron chi connectivity index (χ0n) is 15.2. The first kappa shape index (κ1) is 18.4. The summed E-state index contributed by atoms with van der Waals surface area (Å²) in [6, 6.07) is 12.4. The lowest BCUT2D eigenvalue weighted by atomic mass is 10.1. The summed E-state index contributed by atoms with van der Waals surface area (Å²) in [5.41, 5.74) is 4.25. The number of likely N-dealkylation sites (N-methyl/N-ethyl adjacent to an activating group) is 1. The van der Waals surface area contributed by atoms with Crippen molar-refractivity contribution in [3.63, 3.8) is 0 Å². The number of nitrogens with zero attached hydrogens (tertiary/aromatic N) is 2. The highest BCUT2D eigenvalue weighted by atomic mass is 16.5. The van der Waals surface area contributed by atoms with Gasteiger partial charge in [0.25, 0.3) is 0 Å². The second kappa shape index (κ2) is 8.81. The van der Waals surface area contributed by atoms with E-state index in [4.69, 9.17) is 4.74 Å². The third-order valence-corrected chi connectivity index (χ3v) is 4.36. The van der Waals surface area contributed by atoms with E-state index >= 15 is 0 Å². The Bertz CT molecular complexity index is 662. The molecule has 0 fully saturated rings. The molecule has 130 valence electrons. The van der Waals surface area contributed by atoms with Gasteiger partial charge in [-0.15, -0.1) is 0 Å². The summed E-state index contributed by atoms with van der Waals surface area (Å²) in [6.45, 7) is 6.93. The number of benzene rings is 1. The highest BCUT2D eigenvalue weighted by Crippen LogP contribution is 2.18. The number of carbonyl (C=O) groups is 1. The number of hydrogen-bond acceptors (Lipinski definition) is 3. The molecule has 2 rings (SSSR count). The van der Waals surface area contributed by atoms with Crippen LogP contribution in [0.5, 0.6) is 0 Å². The molecular formula is C20H28N2O2. The van der Waals surface area contributed by atoms with Gasteiger partial charge in [-0.05, 0) is 38.9 Å². The van der Waals surface area contributed by atoms with Crippen LogP contribution in [0, 0.1) is 13.8 Å². The molecule has 1 heterocycles. The minimum absolute atomic E-state index is 0.183. The van der Waals surface area contributed by atoms with E-state index in [1.54, 1.807) is 7.11 Å². The molecule has 0 atom stereocenters. The summed E-state index contributed by atoms with van der Waals surface area (Å²) >= 11 is 0. The zero-order valence-corrected chi connectivity index (χ0v) is 15.2. The lowest BCUT2D eigenvalue weighted by Crippen LogP contribution is -2.27. The lowest BCUT2D eigenvalue weighted by molar-refractivity contribution is 0.0938. The number of ether oxygens (including phenoxy) is 1. The Morgan fingerprint density at radius 3 is 2.58 bits per heavy atom. The van der Waals surface area contributed by atoms with Crippen molar-refractivity contribution in [1.82, 2.24) is 9.47 Å². The molecule has 1 aromatic carbocycles. The minimum Gasteiger partial charge on any atom is -0.385 e. The zero-order chi connectivity index (χ0) is 17.5. The van der Waals surface area contributed by atoms with Crippen LogP contribution in [-0.2, 0) is 11.3 Å². The summed E-state index contributed by atoms with van der Waals surface area (Å²) < 4.78 is 7.28. The molecule has 0 saturated carbocycles. The minimum atomic E-state index is 0.183. The first-order chi connectivity index (χ1) is 11.5. The van der Waals surface area contributed by atoms with E-state index < -0.39 is 0 Å².